The molecule has 0 radical (unpaired) electrons. The van der Waals surface area contributed by atoms with Gasteiger partial charge in [0.05, 0.1) is 5.02 Å². The van der Waals surface area contributed by atoms with Gasteiger partial charge in [0.1, 0.15) is 11.5 Å². The van der Waals surface area contributed by atoms with Crippen LogP contribution in [0.5, 0.6) is 0 Å². The van der Waals surface area contributed by atoms with E-state index in [1.807, 2.05) is 0 Å². The van der Waals surface area contributed by atoms with Crippen LogP contribution in [0.3, 0.4) is 0 Å². The maximum atomic E-state index is 11.7. The first kappa shape index (κ1) is 11.2. The minimum absolute atomic E-state index is 0.206. The summed E-state index contributed by atoms with van der Waals surface area (Å²) in [5, 5.41) is 3.12. The molecule has 1 aromatic heterocycles. The van der Waals surface area contributed by atoms with E-state index in [2.05, 4.69) is 15.7 Å². The van der Waals surface area contributed by atoms with E-state index in [0.717, 1.165) is 0 Å². The molecule has 0 bridgehead atoms. The number of nitrogen functional groups attached to an aromatic ring is 1. The Labute approximate surface area is 98.3 Å². The van der Waals surface area contributed by atoms with Crippen LogP contribution in [0.4, 0.5) is 5.82 Å². The molecule has 0 unspecified atom stereocenters. The van der Waals surface area contributed by atoms with Gasteiger partial charge in [0, 0.05) is 6.54 Å². The highest BCUT2D eigenvalue weighted by Crippen LogP contribution is 2.27. The summed E-state index contributed by atoms with van der Waals surface area (Å²) in [6.45, 7) is 0.692. The van der Waals surface area contributed by atoms with Crippen LogP contribution < -0.4 is 16.6 Å². The predicted octanol–water partition coefficient (Wildman–Crippen LogP) is 1.16. The number of hydrazine groups is 1. The Morgan fingerprint density at radius 2 is 2.31 bits per heavy atom. The molecule has 1 saturated carbocycles. The first-order chi connectivity index (χ1) is 7.70. The molecule has 0 spiro atoms. The molecule has 0 atom stereocenters. The van der Waals surface area contributed by atoms with Crippen molar-refractivity contribution in [2.45, 2.75) is 12.8 Å². The van der Waals surface area contributed by atoms with Crippen LogP contribution in [0.15, 0.2) is 12.1 Å². The van der Waals surface area contributed by atoms with Gasteiger partial charge < -0.3 is 10.7 Å². The lowest BCUT2D eigenvalue weighted by atomic mass is 10.3. The zero-order valence-corrected chi connectivity index (χ0v) is 9.42. The fourth-order valence-electron chi connectivity index (χ4n) is 1.32. The third-order valence-electron chi connectivity index (χ3n) is 2.46. The number of halogens is 1. The second kappa shape index (κ2) is 4.67. The van der Waals surface area contributed by atoms with E-state index in [0.29, 0.717) is 23.3 Å². The van der Waals surface area contributed by atoms with Crippen LogP contribution in [-0.2, 0) is 0 Å². The molecule has 2 rings (SSSR count). The molecule has 6 heteroatoms. The van der Waals surface area contributed by atoms with Crippen LogP contribution in [0.2, 0.25) is 5.02 Å². The topological polar surface area (TPSA) is 80.0 Å². The van der Waals surface area contributed by atoms with Gasteiger partial charge in [-0.25, -0.2) is 10.8 Å². The predicted molar refractivity (Wildman–Crippen MR) is 62.1 cm³/mol. The van der Waals surface area contributed by atoms with Gasteiger partial charge in [-0.1, -0.05) is 11.6 Å². The van der Waals surface area contributed by atoms with Crippen LogP contribution in [0.1, 0.15) is 23.3 Å². The maximum absolute atomic E-state index is 11.7. The lowest BCUT2D eigenvalue weighted by molar-refractivity contribution is 0.0947. The lowest BCUT2D eigenvalue weighted by Gasteiger charge is -2.06. The van der Waals surface area contributed by atoms with Crippen molar-refractivity contribution in [3.63, 3.8) is 0 Å². The smallest absolute Gasteiger partial charge is 0.271 e. The second-order valence-electron chi connectivity index (χ2n) is 3.82. The van der Waals surface area contributed by atoms with Crippen LogP contribution in [-0.4, -0.2) is 17.4 Å². The SMILES string of the molecule is NNc1ccc(Cl)c(C(=O)NCC2CC2)n1. The molecular formula is C10H13ClN4O. The van der Waals surface area contributed by atoms with Crippen molar-refractivity contribution in [2.75, 3.05) is 12.0 Å². The Hall–Kier alpha value is -1.33. The molecule has 0 aromatic carbocycles. The van der Waals surface area contributed by atoms with Gasteiger partial charge in [0.2, 0.25) is 0 Å². The van der Waals surface area contributed by atoms with E-state index >= 15 is 0 Å². The summed E-state index contributed by atoms with van der Waals surface area (Å²) >= 11 is 5.89. The van der Waals surface area contributed by atoms with Gasteiger partial charge in [0.25, 0.3) is 5.91 Å². The summed E-state index contributed by atoms with van der Waals surface area (Å²) < 4.78 is 0. The van der Waals surface area contributed by atoms with Crippen LogP contribution in [0.25, 0.3) is 0 Å². The fourth-order valence-corrected chi connectivity index (χ4v) is 1.52. The summed E-state index contributed by atoms with van der Waals surface area (Å²) in [5.74, 6) is 6.00. The minimum atomic E-state index is -0.256. The van der Waals surface area contributed by atoms with Gasteiger partial charge in [-0.15, -0.1) is 0 Å². The zero-order chi connectivity index (χ0) is 11.5. The van der Waals surface area contributed by atoms with Crippen molar-refractivity contribution in [1.29, 1.82) is 0 Å². The molecule has 1 heterocycles. The summed E-state index contributed by atoms with van der Waals surface area (Å²) in [7, 11) is 0. The van der Waals surface area contributed by atoms with E-state index in [-0.39, 0.29) is 11.6 Å². The van der Waals surface area contributed by atoms with Crippen molar-refractivity contribution in [2.24, 2.45) is 11.8 Å². The molecule has 1 fully saturated rings. The van der Waals surface area contributed by atoms with E-state index in [1.165, 1.54) is 12.8 Å². The first-order valence-electron chi connectivity index (χ1n) is 5.12. The van der Waals surface area contributed by atoms with Gasteiger partial charge in [0.15, 0.2) is 0 Å². The van der Waals surface area contributed by atoms with Crippen molar-refractivity contribution in [1.82, 2.24) is 10.3 Å². The number of carbonyl (C=O) groups excluding carboxylic acids is 1. The molecule has 1 aromatic rings. The normalized spacial score (nSPS) is 14.6. The van der Waals surface area contributed by atoms with Crippen molar-refractivity contribution in [3.05, 3.63) is 22.8 Å². The van der Waals surface area contributed by atoms with E-state index in [9.17, 15) is 4.79 Å². The van der Waals surface area contributed by atoms with Crippen LogP contribution in [0, 0.1) is 5.92 Å². The Morgan fingerprint density at radius 1 is 1.56 bits per heavy atom. The number of hydrogen-bond acceptors (Lipinski definition) is 4. The molecule has 5 nitrogen and oxygen atoms in total. The highest BCUT2D eigenvalue weighted by atomic mass is 35.5. The number of nitrogens with one attached hydrogen (secondary N) is 2. The summed E-state index contributed by atoms with van der Waals surface area (Å²) in [5.41, 5.74) is 2.58. The number of pyridine rings is 1. The van der Waals surface area contributed by atoms with Gasteiger partial charge in [-0.3, -0.25) is 4.79 Å². The second-order valence-corrected chi connectivity index (χ2v) is 4.23. The zero-order valence-electron chi connectivity index (χ0n) is 8.66. The number of rotatable bonds is 4. The molecule has 0 aliphatic heterocycles. The minimum Gasteiger partial charge on any atom is -0.350 e. The summed E-state index contributed by atoms with van der Waals surface area (Å²) in [4.78, 5) is 15.7. The highest BCUT2D eigenvalue weighted by Gasteiger charge is 2.22. The molecule has 16 heavy (non-hydrogen) atoms. The van der Waals surface area contributed by atoms with E-state index < -0.39 is 0 Å². The van der Waals surface area contributed by atoms with Crippen molar-refractivity contribution in [3.8, 4) is 0 Å². The number of nitrogens with zero attached hydrogens (tertiary/aromatic N) is 1. The summed E-state index contributed by atoms with van der Waals surface area (Å²) in [6.07, 6.45) is 2.37. The number of anilines is 1. The molecular weight excluding hydrogens is 228 g/mol. The largest absolute Gasteiger partial charge is 0.350 e. The number of nitrogens with two attached hydrogens (primary N) is 1. The average Bonchev–Trinajstić information content (AvgIpc) is 3.10. The van der Waals surface area contributed by atoms with Gasteiger partial charge in [-0.05, 0) is 30.9 Å². The Kier molecular flexibility index (Phi) is 3.26. The number of carbonyl (C=O) groups is 1. The maximum Gasteiger partial charge on any atom is 0.271 e. The Morgan fingerprint density at radius 3 is 2.94 bits per heavy atom. The van der Waals surface area contributed by atoms with E-state index in [1.54, 1.807) is 12.1 Å². The monoisotopic (exact) mass is 240 g/mol. The molecule has 1 amide bonds. The highest BCUT2D eigenvalue weighted by molar-refractivity contribution is 6.33. The number of hydrogen-bond donors (Lipinski definition) is 3. The van der Waals surface area contributed by atoms with Crippen molar-refractivity contribution >= 4 is 23.3 Å². The lowest BCUT2D eigenvalue weighted by Crippen LogP contribution is -2.27. The fraction of sp³-hybridized carbons (Fsp3) is 0.400. The van der Waals surface area contributed by atoms with Gasteiger partial charge >= 0.3 is 0 Å². The third-order valence-corrected chi connectivity index (χ3v) is 2.76. The third kappa shape index (κ3) is 2.62. The standard InChI is InChI=1S/C10H13ClN4O/c11-7-3-4-8(15-12)14-9(7)10(16)13-5-6-1-2-6/h3-4,6H,1-2,5,12H2,(H,13,16)(H,14,15). The number of aromatic nitrogens is 1. The Bertz CT molecular complexity index is 406. The number of amides is 1. The molecule has 86 valence electrons. The molecule has 1 aliphatic carbocycles. The summed E-state index contributed by atoms with van der Waals surface area (Å²) in [6, 6.07) is 3.20. The van der Waals surface area contributed by atoms with Crippen LogP contribution >= 0.6 is 11.6 Å². The molecule has 1 aliphatic rings. The van der Waals surface area contributed by atoms with E-state index in [4.69, 9.17) is 17.4 Å². The quantitative estimate of drug-likeness (QED) is 0.545. The molecule has 4 N–H and O–H groups in total. The van der Waals surface area contributed by atoms with Crippen molar-refractivity contribution < 1.29 is 4.79 Å². The van der Waals surface area contributed by atoms with Gasteiger partial charge in [-0.2, -0.15) is 0 Å². The molecule has 0 saturated heterocycles. The average molecular weight is 241 g/mol. The Balaban J connectivity index is 2.07. The first-order valence-corrected chi connectivity index (χ1v) is 5.50.